The first-order valence-electron chi connectivity index (χ1n) is 8.87. The first-order valence-corrected chi connectivity index (χ1v) is 9.62. The fourth-order valence-electron chi connectivity index (χ4n) is 3.09. The number of hydrogen-bond acceptors (Lipinski definition) is 3. The molecule has 0 atom stereocenters. The maximum absolute atomic E-state index is 12.3. The highest BCUT2D eigenvalue weighted by atomic mass is 35.5. The van der Waals surface area contributed by atoms with Crippen molar-refractivity contribution in [3.8, 4) is 0 Å². The van der Waals surface area contributed by atoms with E-state index in [2.05, 4.69) is 10.2 Å². The van der Waals surface area contributed by atoms with E-state index in [1.54, 1.807) is 30.3 Å². The molecule has 0 radical (unpaired) electrons. The molecule has 0 bridgehead atoms. The van der Waals surface area contributed by atoms with E-state index in [0.717, 1.165) is 18.8 Å². The lowest BCUT2D eigenvalue weighted by Crippen LogP contribution is -2.48. The Morgan fingerprint density at radius 1 is 1.04 bits per heavy atom. The Hall–Kier alpha value is -2.24. The molecule has 0 spiro atoms. The minimum absolute atomic E-state index is 0.180. The van der Waals surface area contributed by atoms with E-state index in [1.807, 2.05) is 24.0 Å². The van der Waals surface area contributed by atoms with Crippen LogP contribution < -0.4 is 10.2 Å². The van der Waals surface area contributed by atoms with E-state index >= 15 is 0 Å². The highest BCUT2D eigenvalue weighted by Crippen LogP contribution is 2.30. The van der Waals surface area contributed by atoms with E-state index in [4.69, 9.17) is 23.2 Å². The van der Waals surface area contributed by atoms with Crippen molar-refractivity contribution in [3.63, 3.8) is 0 Å². The number of carbonyl (C=O) groups excluding carboxylic acids is 2. The van der Waals surface area contributed by atoms with Gasteiger partial charge in [-0.05, 0) is 36.4 Å². The molecule has 1 N–H and O–H groups in total. The molecule has 1 aliphatic rings. The maximum atomic E-state index is 12.3. The van der Waals surface area contributed by atoms with Gasteiger partial charge in [0.25, 0.3) is 5.91 Å². The quantitative estimate of drug-likeness (QED) is 0.824. The molecule has 1 heterocycles. The van der Waals surface area contributed by atoms with Gasteiger partial charge < -0.3 is 15.1 Å². The predicted molar refractivity (Wildman–Crippen MR) is 110 cm³/mol. The SMILES string of the molecule is CCC(=O)N1CCN(c2ccc(NC(=O)c3cccc(Cl)c3)cc2Cl)CC1. The third-order valence-electron chi connectivity index (χ3n) is 4.57. The Morgan fingerprint density at radius 3 is 2.41 bits per heavy atom. The van der Waals surface area contributed by atoms with Crippen molar-refractivity contribution in [1.29, 1.82) is 0 Å². The molecule has 1 aliphatic heterocycles. The smallest absolute Gasteiger partial charge is 0.255 e. The molecule has 0 aliphatic carbocycles. The van der Waals surface area contributed by atoms with Gasteiger partial charge in [-0.1, -0.05) is 36.2 Å². The third-order valence-corrected chi connectivity index (χ3v) is 5.11. The third kappa shape index (κ3) is 4.73. The second kappa shape index (κ2) is 8.63. The molecule has 3 rings (SSSR count). The Labute approximate surface area is 168 Å². The normalized spacial score (nSPS) is 14.2. The standard InChI is InChI=1S/C20H21Cl2N3O2/c1-2-19(26)25-10-8-24(9-11-25)18-7-6-16(13-17(18)22)23-20(27)14-4-3-5-15(21)12-14/h3-7,12-13H,2,8-11H2,1H3,(H,23,27). The van der Waals surface area contributed by atoms with Crippen molar-refractivity contribution in [3.05, 3.63) is 58.1 Å². The molecule has 0 aromatic heterocycles. The molecule has 1 fully saturated rings. The van der Waals surface area contributed by atoms with Gasteiger partial charge in [0.1, 0.15) is 0 Å². The lowest BCUT2D eigenvalue weighted by Gasteiger charge is -2.36. The number of nitrogens with zero attached hydrogens (tertiary/aromatic N) is 2. The zero-order chi connectivity index (χ0) is 19.4. The van der Waals surface area contributed by atoms with Crippen LogP contribution in [-0.4, -0.2) is 42.9 Å². The average Bonchev–Trinajstić information content (AvgIpc) is 2.67. The van der Waals surface area contributed by atoms with E-state index in [0.29, 0.717) is 40.8 Å². The van der Waals surface area contributed by atoms with Crippen molar-refractivity contribution in [1.82, 2.24) is 4.90 Å². The summed E-state index contributed by atoms with van der Waals surface area (Å²) in [4.78, 5) is 28.2. The van der Waals surface area contributed by atoms with Crippen molar-refractivity contribution < 1.29 is 9.59 Å². The number of amides is 2. The van der Waals surface area contributed by atoms with Gasteiger partial charge in [0.05, 0.1) is 10.7 Å². The molecular weight excluding hydrogens is 385 g/mol. The molecule has 2 aromatic rings. The van der Waals surface area contributed by atoms with Gasteiger partial charge in [-0.25, -0.2) is 0 Å². The number of benzene rings is 2. The zero-order valence-electron chi connectivity index (χ0n) is 15.0. The summed E-state index contributed by atoms with van der Waals surface area (Å²) >= 11 is 12.4. The second-order valence-electron chi connectivity index (χ2n) is 6.35. The lowest BCUT2D eigenvalue weighted by molar-refractivity contribution is -0.131. The Kier molecular flexibility index (Phi) is 6.24. The molecule has 5 nitrogen and oxygen atoms in total. The van der Waals surface area contributed by atoms with E-state index < -0.39 is 0 Å². The molecule has 27 heavy (non-hydrogen) atoms. The first kappa shape index (κ1) is 19.5. The number of piperazine rings is 1. The van der Waals surface area contributed by atoms with Gasteiger partial charge in [0.15, 0.2) is 0 Å². The topological polar surface area (TPSA) is 52.7 Å². The summed E-state index contributed by atoms with van der Waals surface area (Å²) in [6.07, 6.45) is 0.530. The molecule has 2 amide bonds. The number of hydrogen-bond donors (Lipinski definition) is 1. The number of nitrogens with one attached hydrogen (secondary N) is 1. The molecule has 7 heteroatoms. The van der Waals surface area contributed by atoms with Crippen LogP contribution in [0.4, 0.5) is 11.4 Å². The van der Waals surface area contributed by atoms with Crippen LogP contribution in [0.3, 0.4) is 0 Å². The second-order valence-corrected chi connectivity index (χ2v) is 7.20. The van der Waals surface area contributed by atoms with Crippen LogP contribution in [0, 0.1) is 0 Å². The summed E-state index contributed by atoms with van der Waals surface area (Å²) in [5.74, 6) is -0.0622. The molecule has 1 saturated heterocycles. The van der Waals surface area contributed by atoms with Gasteiger partial charge >= 0.3 is 0 Å². The van der Waals surface area contributed by atoms with Crippen LogP contribution >= 0.6 is 23.2 Å². The van der Waals surface area contributed by atoms with Crippen LogP contribution in [0.25, 0.3) is 0 Å². The Bertz CT molecular complexity index is 849. The summed E-state index contributed by atoms with van der Waals surface area (Å²) in [6, 6.07) is 12.2. The van der Waals surface area contributed by atoms with Crippen LogP contribution in [0.15, 0.2) is 42.5 Å². The van der Waals surface area contributed by atoms with Crippen LogP contribution in [-0.2, 0) is 4.79 Å². The molecule has 2 aromatic carbocycles. The van der Waals surface area contributed by atoms with Crippen LogP contribution in [0.5, 0.6) is 0 Å². The van der Waals surface area contributed by atoms with E-state index in [1.165, 1.54) is 0 Å². The zero-order valence-corrected chi connectivity index (χ0v) is 16.6. The van der Waals surface area contributed by atoms with Gasteiger partial charge in [-0.15, -0.1) is 0 Å². The Balaban J connectivity index is 1.66. The van der Waals surface area contributed by atoms with Crippen molar-refractivity contribution >= 4 is 46.4 Å². The number of anilines is 2. The van der Waals surface area contributed by atoms with Crippen LogP contribution in [0.2, 0.25) is 10.0 Å². The molecular formula is C20H21Cl2N3O2. The highest BCUT2D eigenvalue weighted by Gasteiger charge is 2.21. The van der Waals surface area contributed by atoms with E-state index in [-0.39, 0.29) is 11.8 Å². The fourth-order valence-corrected chi connectivity index (χ4v) is 3.58. The Morgan fingerprint density at radius 2 is 1.78 bits per heavy atom. The van der Waals surface area contributed by atoms with Gasteiger partial charge in [-0.3, -0.25) is 9.59 Å². The maximum Gasteiger partial charge on any atom is 0.255 e. The molecule has 0 unspecified atom stereocenters. The minimum atomic E-state index is -0.243. The molecule has 0 saturated carbocycles. The summed E-state index contributed by atoms with van der Waals surface area (Å²) in [7, 11) is 0. The summed E-state index contributed by atoms with van der Waals surface area (Å²) in [5.41, 5.74) is 2.01. The van der Waals surface area contributed by atoms with Gasteiger partial charge in [0.2, 0.25) is 5.91 Å². The summed E-state index contributed by atoms with van der Waals surface area (Å²) < 4.78 is 0. The lowest BCUT2D eigenvalue weighted by atomic mass is 10.2. The minimum Gasteiger partial charge on any atom is -0.367 e. The van der Waals surface area contributed by atoms with Gasteiger partial charge in [0, 0.05) is 48.9 Å². The predicted octanol–water partition coefficient (Wildman–Crippen LogP) is 4.30. The number of carbonyl (C=O) groups is 2. The average molecular weight is 406 g/mol. The highest BCUT2D eigenvalue weighted by molar-refractivity contribution is 6.33. The van der Waals surface area contributed by atoms with Crippen molar-refractivity contribution in [2.45, 2.75) is 13.3 Å². The number of halogens is 2. The number of rotatable bonds is 4. The van der Waals surface area contributed by atoms with Crippen molar-refractivity contribution in [2.24, 2.45) is 0 Å². The van der Waals surface area contributed by atoms with E-state index in [9.17, 15) is 9.59 Å². The van der Waals surface area contributed by atoms with Crippen molar-refractivity contribution in [2.75, 3.05) is 36.4 Å². The fraction of sp³-hybridized carbons (Fsp3) is 0.300. The first-order chi connectivity index (χ1) is 13.0. The van der Waals surface area contributed by atoms with Gasteiger partial charge in [-0.2, -0.15) is 0 Å². The molecule has 142 valence electrons. The largest absolute Gasteiger partial charge is 0.367 e. The summed E-state index contributed by atoms with van der Waals surface area (Å²) in [6.45, 7) is 4.73. The summed E-state index contributed by atoms with van der Waals surface area (Å²) in [5, 5.41) is 3.91. The van der Waals surface area contributed by atoms with Crippen LogP contribution in [0.1, 0.15) is 23.7 Å². The monoisotopic (exact) mass is 405 g/mol.